The third-order valence-electron chi connectivity index (χ3n) is 2.53. The maximum Gasteiger partial charge on any atom is 0.234 e. The Kier molecular flexibility index (Phi) is 6.41. The van der Waals surface area contributed by atoms with Gasteiger partial charge in [0.25, 0.3) is 0 Å². The molecule has 1 heterocycles. The first-order valence-electron chi connectivity index (χ1n) is 6.34. The number of aromatic nitrogens is 1. The second-order valence-corrected chi connectivity index (χ2v) is 6.27. The fourth-order valence-corrected chi connectivity index (χ4v) is 2.31. The van der Waals surface area contributed by atoms with Crippen LogP contribution in [0.2, 0.25) is 0 Å². The first kappa shape index (κ1) is 16.1. The third-order valence-corrected chi connectivity index (χ3v) is 3.37. The lowest BCUT2D eigenvalue weighted by atomic mass is 9.93. The van der Waals surface area contributed by atoms with Crippen LogP contribution in [0.15, 0.2) is 5.38 Å². The molecule has 0 fully saturated rings. The van der Waals surface area contributed by atoms with E-state index < -0.39 is 0 Å². The highest BCUT2D eigenvalue weighted by atomic mass is 32.1. The summed E-state index contributed by atoms with van der Waals surface area (Å²) >= 11 is 1.58. The largest absolute Gasteiger partial charge is 0.383 e. The van der Waals surface area contributed by atoms with E-state index in [0.29, 0.717) is 26.2 Å². The minimum atomic E-state index is -0.0244. The van der Waals surface area contributed by atoms with E-state index >= 15 is 0 Å². The van der Waals surface area contributed by atoms with Crippen molar-refractivity contribution in [3.05, 3.63) is 16.1 Å². The van der Waals surface area contributed by atoms with Gasteiger partial charge in [0.15, 0.2) is 0 Å². The fourth-order valence-electron chi connectivity index (χ4n) is 1.35. The van der Waals surface area contributed by atoms with E-state index in [0.717, 1.165) is 10.7 Å². The number of ether oxygens (including phenoxy) is 1. The smallest absolute Gasteiger partial charge is 0.234 e. The van der Waals surface area contributed by atoms with Crippen molar-refractivity contribution in [2.45, 2.75) is 32.7 Å². The summed E-state index contributed by atoms with van der Waals surface area (Å²) in [6.07, 6.45) is 0. The monoisotopic (exact) mass is 285 g/mol. The van der Waals surface area contributed by atoms with Crippen molar-refractivity contribution in [3.8, 4) is 0 Å². The van der Waals surface area contributed by atoms with E-state index in [2.05, 4.69) is 41.8 Å². The summed E-state index contributed by atoms with van der Waals surface area (Å²) in [5.41, 5.74) is 1.13. The fraction of sp³-hybridized carbons (Fsp3) is 0.692. The molecule has 0 radical (unpaired) electrons. The molecule has 5 nitrogen and oxygen atoms in total. The highest BCUT2D eigenvalue weighted by Gasteiger charge is 2.17. The van der Waals surface area contributed by atoms with Crippen molar-refractivity contribution in [1.82, 2.24) is 15.6 Å². The van der Waals surface area contributed by atoms with Crippen LogP contribution in [0.5, 0.6) is 0 Å². The Morgan fingerprint density at radius 2 is 2.21 bits per heavy atom. The number of thiazole rings is 1. The van der Waals surface area contributed by atoms with E-state index in [-0.39, 0.29) is 11.3 Å². The maximum absolute atomic E-state index is 11.5. The van der Waals surface area contributed by atoms with Crippen LogP contribution >= 0.6 is 11.3 Å². The molecule has 1 rings (SSSR count). The molecular weight excluding hydrogens is 262 g/mol. The van der Waals surface area contributed by atoms with Gasteiger partial charge in [-0.25, -0.2) is 4.98 Å². The Balaban J connectivity index is 2.28. The number of nitrogens with one attached hydrogen (secondary N) is 2. The number of rotatable bonds is 7. The SMILES string of the molecule is COCCNCC(=O)NCc1nc(C(C)(C)C)cs1. The Bertz CT molecular complexity index is 399. The zero-order chi connectivity index (χ0) is 14.3. The molecule has 0 spiro atoms. The van der Waals surface area contributed by atoms with Crippen LogP contribution in [0, 0.1) is 0 Å². The normalized spacial score (nSPS) is 11.6. The van der Waals surface area contributed by atoms with Crippen molar-refractivity contribution in [2.24, 2.45) is 0 Å². The number of hydrogen-bond acceptors (Lipinski definition) is 5. The standard InChI is InChI=1S/C13H23N3O2S/c1-13(2,3)10-9-19-12(16-10)8-15-11(17)7-14-5-6-18-4/h9,14H,5-8H2,1-4H3,(H,15,17). The zero-order valence-electron chi connectivity index (χ0n) is 12.1. The first-order valence-corrected chi connectivity index (χ1v) is 7.22. The van der Waals surface area contributed by atoms with Crippen LogP contribution in [0.25, 0.3) is 0 Å². The predicted molar refractivity (Wildman–Crippen MR) is 77.4 cm³/mol. The molecule has 108 valence electrons. The van der Waals surface area contributed by atoms with Gasteiger partial charge in [0, 0.05) is 24.4 Å². The van der Waals surface area contributed by atoms with Gasteiger partial charge in [-0.15, -0.1) is 11.3 Å². The summed E-state index contributed by atoms with van der Waals surface area (Å²) in [5, 5.41) is 8.84. The number of carbonyl (C=O) groups is 1. The number of carbonyl (C=O) groups excluding carboxylic acids is 1. The number of hydrogen-bond donors (Lipinski definition) is 2. The summed E-state index contributed by atoms with van der Waals surface area (Å²) in [6.45, 7) is 8.47. The quantitative estimate of drug-likeness (QED) is 0.741. The summed E-state index contributed by atoms with van der Waals surface area (Å²) in [7, 11) is 1.64. The molecule has 0 atom stereocenters. The molecule has 6 heteroatoms. The van der Waals surface area contributed by atoms with Crippen LogP contribution in [0.4, 0.5) is 0 Å². The Hall–Kier alpha value is -0.980. The Morgan fingerprint density at radius 3 is 2.79 bits per heavy atom. The zero-order valence-corrected chi connectivity index (χ0v) is 12.9. The summed E-state index contributed by atoms with van der Waals surface area (Å²) in [5.74, 6) is -0.0244. The molecule has 0 aliphatic heterocycles. The van der Waals surface area contributed by atoms with Gasteiger partial charge in [0.2, 0.25) is 5.91 Å². The van der Waals surface area contributed by atoms with Crippen molar-refractivity contribution in [1.29, 1.82) is 0 Å². The molecule has 0 unspecified atom stereocenters. The average Bonchev–Trinajstić information content (AvgIpc) is 2.81. The van der Waals surface area contributed by atoms with Gasteiger partial charge in [-0.2, -0.15) is 0 Å². The van der Waals surface area contributed by atoms with Crippen LogP contribution in [0.3, 0.4) is 0 Å². The average molecular weight is 285 g/mol. The summed E-state index contributed by atoms with van der Waals surface area (Å²) < 4.78 is 4.88. The van der Waals surface area contributed by atoms with Crippen LogP contribution in [-0.2, 0) is 21.5 Å². The minimum absolute atomic E-state index is 0.0244. The van der Waals surface area contributed by atoms with Gasteiger partial charge >= 0.3 is 0 Å². The van der Waals surface area contributed by atoms with Crippen LogP contribution in [0.1, 0.15) is 31.5 Å². The minimum Gasteiger partial charge on any atom is -0.383 e. The van der Waals surface area contributed by atoms with E-state index in [1.165, 1.54) is 0 Å². The molecule has 0 aliphatic carbocycles. The molecule has 1 amide bonds. The molecule has 1 aromatic rings. The number of nitrogens with zero attached hydrogens (tertiary/aromatic N) is 1. The molecule has 0 aliphatic rings. The summed E-state index contributed by atoms with van der Waals surface area (Å²) in [6, 6.07) is 0. The highest BCUT2D eigenvalue weighted by Crippen LogP contribution is 2.23. The van der Waals surface area contributed by atoms with Gasteiger partial charge in [0.05, 0.1) is 25.4 Å². The van der Waals surface area contributed by atoms with E-state index in [1.807, 2.05) is 0 Å². The van der Waals surface area contributed by atoms with Gasteiger partial charge in [-0.3, -0.25) is 4.79 Å². The Labute approximate surface area is 118 Å². The lowest BCUT2D eigenvalue weighted by Gasteiger charge is -2.14. The lowest BCUT2D eigenvalue weighted by Crippen LogP contribution is -2.34. The van der Waals surface area contributed by atoms with Crippen molar-refractivity contribution in [2.75, 3.05) is 26.8 Å². The molecular formula is C13H23N3O2S. The lowest BCUT2D eigenvalue weighted by molar-refractivity contribution is -0.120. The molecule has 0 saturated heterocycles. The molecule has 0 bridgehead atoms. The second-order valence-electron chi connectivity index (χ2n) is 5.32. The molecule has 1 aromatic heterocycles. The molecule has 19 heavy (non-hydrogen) atoms. The second kappa shape index (κ2) is 7.57. The molecule has 0 saturated carbocycles. The van der Waals surface area contributed by atoms with E-state index in [4.69, 9.17) is 4.74 Å². The van der Waals surface area contributed by atoms with Gasteiger partial charge in [-0.05, 0) is 0 Å². The van der Waals surface area contributed by atoms with Crippen LogP contribution < -0.4 is 10.6 Å². The van der Waals surface area contributed by atoms with Gasteiger partial charge < -0.3 is 15.4 Å². The van der Waals surface area contributed by atoms with Crippen LogP contribution in [-0.4, -0.2) is 37.7 Å². The Morgan fingerprint density at radius 1 is 1.47 bits per heavy atom. The van der Waals surface area contributed by atoms with E-state index in [9.17, 15) is 4.79 Å². The molecule has 2 N–H and O–H groups in total. The van der Waals surface area contributed by atoms with Crippen molar-refractivity contribution >= 4 is 17.2 Å². The van der Waals surface area contributed by atoms with Gasteiger partial charge in [-0.1, -0.05) is 20.8 Å². The van der Waals surface area contributed by atoms with Gasteiger partial charge in [0.1, 0.15) is 5.01 Å². The number of methoxy groups -OCH3 is 1. The molecule has 0 aromatic carbocycles. The third kappa shape index (κ3) is 6.13. The first-order chi connectivity index (χ1) is 8.93. The number of amides is 1. The predicted octanol–water partition coefficient (Wildman–Crippen LogP) is 1.29. The van der Waals surface area contributed by atoms with Crippen molar-refractivity contribution in [3.63, 3.8) is 0 Å². The highest BCUT2D eigenvalue weighted by molar-refractivity contribution is 7.09. The summed E-state index contributed by atoms with van der Waals surface area (Å²) in [4.78, 5) is 16.1. The van der Waals surface area contributed by atoms with E-state index in [1.54, 1.807) is 18.4 Å². The van der Waals surface area contributed by atoms with Crippen molar-refractivity contribution < 1.29 is 9.53 Å². The topological polar surface area (TPSA) is 63.2 Å². The maximum atomic E-state index is 11.5.